The van der Waals surface area contributed by atoms with Crippen molar-refractivity contribution in [2.45, 2.75) is 19.1 Å². The second kappa shape index (κ2) is 3.15. The van der Waals surface area contributed by atoms with E-state index >= 15 is 0 Å². The molecule has 0 bridgehead atoms. The van der Waals surface area contributed by atoms with Gasteiger partial charge < -0.3 is 4.90 Å². The summed E-state index contributed by atoms with van der Waals surface area (Å²) in [4.78, 5) is 2.33. The second-order valence-corrected chi connectivity index (χ2v) is 6.23. The van der Waals surface area contributed by atoms with Crippen molar-refractivity contribution in [3.8, 4) is 0 Å². The standard InChI is InChI=1S/C8H17NOS/c1-4-9-5-6-11(3,10)8(2)7-9/h8H,3-7H2,1-2H3/t8-,11?/m0/s1. The Bertz CT molecular complexity index is 220. The van der Waals surface area contributed by atoms with Crippen LogP contribution in [0.4, 0.5) is 0 Å². The topological polar surface area (TPSA) is 20.3 Å². The number of rotatable bonds is 1. The minimum absolute atomic E-state index is 0.274. The summed E-state index contributed by atoms with van der Waals surface area (Å²) in [7, 11) is -1.75. The molecular weight excluding hydrogens is 158 g/mol. The molecule has 66 valence electrons. The fraction of sp³-hybridized carbons (Fsp3) is 0.875. The van der Waals surface area contributed by atoms with Crippen molar-refractivity contribution in [1.82, 2.24) is 4.90 Å². The monoisotopic (exact) mass is 175 g/mol. The molecule has 1 aliphatic rings. The zero-order chi connectivity index (χ0) is 8.48. The van der Waals surface area contributed by atoms with Crippen molar-refractivity contribution >= 4 is 15.4 Å². The molecule has 0 amide bonds. The van der Waals surface area contributed by atoms with Gasteiger partial charge in [0.1, 0.15) is 0 Å². The van der Waals surface area contributed by atoms with Gasteiger partial charge in [-0.25, -0.2) is 0 Å². The third kappa shape index (κ3) is 1.97. The van der Waals surface area contributed by atoms with Gasteiger partial charge in [-0.3, -0.25) is 4.21 Å². The van der Waals surface area contributed by atoms with E-state index in [0.717, 1.165) is 25.4 Å². The van der Waals surface area contributed by atoms with Crippen molar-refractivity contribution in [3.63, 3.8) is 0 Å². The maximum atomic E-state index is 11.7. The maximum Gasteiger partial charge on any atom is 0.0371 e. The Morgan fingerprint density at radius 2 is 2.36 bits per heavy atom. The van der Waals surface area contributed by atoms with Crippen LogP contribution in [0.2, 0.25) is 0 Å². The van der Waals surface area contributed by atoms with Crippen molar-refractivity contribution in [1.29, 1.82) is 0 Å². The van der Waals surface area contributed by atoms with Crippen LogP contribution in [0, 0.1) is 0 Å². The van der Waals surface area contributed by atoms with Crippen molar-refractivity contribution in [2.24, 2.45) is 0 Å². The molecule has 0 saturated carbocycles. The first kappa shape index (κ1) is 9.07. The predicted octanol–water partition coefficient (Wildman–Crippen LogP) is 0.427. The Kier molecular flexibility index (Phi) is 2.60. The lowest BCUT2D eigenvalue weighted by Gasteiger charge is -2.32. The molecule has 0 spiro atoms. The van der Waals surface area contributed by atoms with Gasteiger partial charge in [0.25, 0.3) is 0 Å². The van der Waals surface area contributed by atoms with Gasteiger partial charge in [-0.15, -0.1) is 0 Å². The van der Waals surface area contributed by atoms with Crippen LogP contribution >= 0.6 is 0 Å². The Morgan fingerprint density at radius 3 is 2.82 bits per heavy atom. The first-order valence-electron chi connectivity index (χ1n) is 4.12. The van der Waals surface area contributed by atoms with E-state index in [1.54, 1.807) is 0 Å². The molecule has 0 aromatic heterocycles. The first-order chi connectivity index (χ1) is 5.06. The van der Waals surface area contributed by atoms with Gasteiger partial charge in [-0.05, 0) is 21.9 Å². The lowest BCUT2D eigenvalue weighted by Crippen LogP contribution is -2.45. The van der Waals surface area contributed by atoms with E-state index in [-0.39, 0.29) is 5.25 Å². The molecule has 0 aromatic rings. The summed E-state index contributed by atoms with van der Waals surface area (Å²) in [6, 6.07) is 0. The van der Waals surface area contributed by atoms with Gasteiger partial charge in [-0.2, -0.15) is 0 Å². The van der Waals surface area contributed by atoms with E-state index < -0.39 is 9.52 Å². The maximum absolute atomic E-state index is 11.7. The molecule has 1 heterocycles. The van der Waals surface area contributed by atoms with Gasteiger partial charge in [0, 0.05) is 24.1 Å². The first-order valence-corrected chi connectivity index (χ1v) is 6.08. The lowest BCUT2D eigenvalue weighted by atomic mass is 10.4. The third-order valence-electron chi connectivity index (χ3n) is 2.45. The molecular formula is C8H17NOS. The van der Waals surface area contributed by atoms with Crippen LogP contribution in [0.1, 0.15) is 13.8 Å². The van der Waals surface area contributed by atoms with Gasteiger partial charge in [0.15, 0.2) is 0 Å². The van der Waals surface area contributed by atoms with Crippen molar-refractivity contribution in [3.05, 3.63) is 0 Å². The highest BCUT2D eigenvalue weighted by molar-refractivity contribution is 8.00. The van der Waals surface area contributed by atoms with E-state index in [1.807, 2.05) is 6.92 Å². The molecule has 2 nitrogen and oxygen atoms in total. The Balaban J connectivity index is 2.62. The van der Waals surface area contributed by atoms with Crippen LogP contribution in [0.25, 0.3) is 0 Å². The van der Waals surface area contributed by atoms with Crippen LogP contribution in [0.3, 0.4) is 0 Å². The third-order valence-corrected chi connectivity index (χ3v) is 4.94. The highest BCUT2D eigenvalue weighted by Gasteiger charge is 2.23. The number of nitrogens with zero attached hydrogens (tertiary/aromatic N) is 1. The Labute approximate surface area is 69.6 Å². The highest BCUT2D eigenvalue weighted by Crippen LogP contribution is 2.10. The molecule has 0 aliphatic carbocycles. The van der Waals surface area contributed by atoms with Gasteiger partial charge >= 0.3 is 0 Å². The number of hydrogen-bond donors (Lipinski definition) is 0. The second-order valence-electron chi connectivity index (χ2n) is 3.28. The molecule has 11 heavy (non-hydrogen) atoms. The average molecular weight is 175 g/mol. The molecule has 0 N–H and O–H groups in total. The molecule has 1 fully saturated rings. The molecule has 0 radical (unpaired) electrons. The highest BCUT2D eigenvalue weighted by atomic mass is 32.2. The Morgan fingerprint density at radius 1 is 1.73 bits per heavy atom. The summed E-state index contributed by atoms with van der Waals surface area (Å²) in [6.07, 6.45) is 0. The van der Waals surface area contributed by atoms with Crippen LogP contribution in [-0.2, 0) is 9.52 Å². The molecule has 3 heteroatoms. The minimum atomic E-state index is -1.75. The summed E-state index contributed by atoms with van der Waals surface area (Å²) in [5.74, 6) is 4.56. The van der Waals surface area contributed by atoms with Gasteiger partial charge in [0.05, 0.1) is 0 Å². The molecule has 1 saturated heterocycles. The van der Waals surface area contributed by atoms with Crippen LogP contribution in [0.15, 0.2) is 0 Å². The van der Waals surface area contributed by atoms with E-state index in [9.17, 15) is 4.21 Å². The molecule has 1 unspecified atom stereocenters. The average Bonchev–Trinajstić information content (AvgIpc) is 1.95. The predicted molar refractivity (Wildman–Crippen MR) is 51.7 cm³/mol. The largest absolute Gasteiger partial charge is 0.302 e. The normalized spacial score (nSPS) is 40.7. The molecule has 1 rings (SSSR count). The zero-order valence-electron chi connectivity index (χ0n) is 7.38. The molecule has 0 aromatic carbocycles. The minimum Gasteiger partial charge on any atom is -0.302 e. The van der Waals surface area contributed by atoms with Crippen LogP contribution in [0.5, 0.6) is 0 Å². The van der Waals surface area contributed by atoms with E-state index in [1.165, 1.54) is 0 Å². The van der Waals surface area contributed by atoms with Crippen molar-refractivity contribution < 1.29 is 4.21 Å². The SMILES string of the molecule is C=S1(=O)CCN(CC)C[C@@H]1C. The van der Waals surface area contributed by atoms with Gasteiger partial charge in [-0.1, -0.05) is 13.8 Å². The molecule has 1 aliphatic heterocycles. The summed E-state index contributed by atoms with van der Waals surface area (Å²) < 4.78 is 11.7. The van der Waals surface area contributed by atoms with Crippen LogP contribution < -0.4 is 0 Å². The summed E-state index contributed by atoms with van der Waals surface area (Å²) in [6.45, 7) is 7.17. The van der Waals surface area contributed by atoms with E-state index in [2.05, 4.69) is 17.7 Å². The summed E-state index contributed by atoms with van der Waals surface area (Å²) >= 11 is 0. The van der Waals surface area contributed by atoms with Crippen molar-refractivity contribution in [2.75, 3.05) is 25.4 Å². The van der Waals surface area contributed by atoms with Crippen LogP contribution in [-0.4, -0.2) is 45.6 Å². The van der Waals surface area contributed by atoms with E-state index in [4.69, 9.17) is 0 Å². The Hall–Kier alpha value is -0.0200. The fourth-order valence-electron chi connectivity index (χ4n) is 1.36. The quantitative estimate of drug-likeness (QED) is 0.539. The van der Waals surface area contributed by atoms with E-state index in [0.29, 0.717) is 0 Å². The summed E-state index contributed by atoms with van der Waals surface area (Å²) in [5.41, 5.74) is 0. The zero-order valence-corrected chi connectivity index (χ0v) is 8.19. The molecule has 2 atom stereocenters. The number of hydrogen-bond acceptors (Lipinski definition) is 2. The smallest absolute Gasteiger partial charge is 0.0371 e. The fourth-order valence-corrected chi connectivity index (χ4v) is 2.81. The van der Waals surface area contributed by atoms with Gasteiger partial charge in [0.2, 0.25) is 0 Å². The lowest BCUT2D eigenvalue weighted by molar-refractivity contribution is 0.297. The summed E-state index contributed by atoms with van der Waals surface area (Å²) in [5, 5.41) is 0.274.